The van der Waals surface area contributed by atoms with Crippen molar-refractivity contribution in [3.05, 3.63) is 30.2 Å². The van der Waals surface area contributed by atoms with Gasteiger partial charge < -0.3 is 29.8 Å². The molecule has 10 heteroatoms. The van der Waals surface area contributed by atoms with Crippen LogP contribution < -0.4 is 10.6 Å². The number of hydrogen-bond donors (Lipinski definition) is 3. The lowest BCUT2D eigenvalue weighted by Gasteiger charge is -2.32. The van der Waals surface area contributed by atoms with Crippen molar-refractivity contribution in [3.8, 4) is 0 Å². The molecular formula is C22H34N4O5Si. The maximum atomic E-state index is 13.2. The van der Waals surface area contributed by atoms with E-state index in [4.69, 9.17) is 9.15 Å². The molecule has 0 saturated carbocycles. The molecule has 32 heavy (non-hydrogen) atoms. The summed E-state index contributed by atoms with van der Waals surface area (Å²) in [5.74, 6) is -0.145. The second kappa shape index (κ2) is 10.5. The lowest BCUT2D eigenvalue weighted by molar-refractivity contribution is -0.124. The van der Waals surface area contributed by atoms with E-state index in [1.807, 2.05) is 19.1 Å². The molecule has 1 unspecified atom stereocenters. The number of nitrogens with one attached hydrogen (secondary N) is 2. The van der Waals surface area contributed by atoms with Gasteiger partial charge in [-0.2, -0.15) is 0 Å². The molecule has 0 radical (unpaired) electrons. The highest BCUT2D eigenvalue weighted by atomic mass is 28.3. The van der Waals surface area contributed by atoms with E-state index in [1.54, 1.807) is 17.0 Å². The standard InChI is InChI=1S/C22H34N4O5Si/c1-5-15(19(27)21-24-16-8-6-7-9-18(16)31-21)23-20(28)17(14-32(2,3)4)25-22(29)26-10-12-30-13-11-26/h6-9,15,17,19,27H,5,10-14H2,1-4H3,(H,23,28)(H,25,29)/t15-,17-,19?/m0/s1. The molecule has 0 bridgehead atoms. The number of ether oxygens (including phenoxy) is 1. The number of carbonyl (C=O) groups is 2. The molecule has 0 spiro atoms. The van der Waals surface area contributed by atoms with Crippen molar-refractivity contribution >= 4 is 31.1 Å². The number of amides is 3. The first-order chi connectivity index (χ1) is 15.2. The molecule has 1 saturated heterocycles. The van der Waals surface area contributed by atoms with Crippen LogP contribution in [0.15, 0.2) is 28.7 Å². The van der Waals surface area contributed by atoms with Gasteiger partial charge in [-0.05, 0) is 24.6 Å². The van der Waals surface area contributed by atoms with Crippen LogP contribution in [0.2, 0.25) is 25.7 Å². The summed E-state index contributed by atoms with van der Waals surface area (Å²) in [6.45, 7) is 10.3. The summed E-state index contributed by atoms with van der Waals surface area (Å²) in [5, 5.41) is 16.7. The van der Waals surface area contributed by atoms with Crippen molar-refractivity contribution in [1.82, 2.24) is 20.5 Å². The Morgan fingerprint density at radius 3 is 2.50 bits per heavy atom. The zero-order valence-corrected chi connectivity index (χ0v) is 20.3. The van der Waals surface area contributed by atoms with E-state index in [-0.39, 0.29) is 17.8 Å². The first kappa shape index (κ1) is 24.2. The number of aromatic nitrogens is 1. The molecule has 1 aromatic heterocycles. The minimum atomic E-state index is -1.69. The number of rotatable bonds is 8. The first-order valence-corrected chi connectivity index (χ1v) is 14.9. The van der Waals surface area contributed by atoms with Crippen LogP contribution in [0.25, 0.3) is 11.1 Å². The number of aliphatic hydroxyl groups is 1. The summed E-state index contributed by atoms with van der Waals surface area (Å²) in [7, 11) is -1.69. The topological polar surface area (TPSA) is 117 Å². The molecule has 176 valence electrons. The van der Waals surface area contributed by atoms with Gasteiger partial charge in [-0.3, -0.25) is 4.79 Å². The molecule has 1 aliphatic heterocycles. The van der Waals surface area contributed by atoms with Crippen LogP contribution in [0.3, 0.4) is 0 Å². The fraction of sp³-hybridized carbons (Fsp3) is 0.591. The van der Waals surface area contributed by atoms with Crippen molar-refractivity contribution in [2.24, 2.45) is 0 Å². The lowest BCUT2D eigenvalue weighted by Crippen LogP contribution is -2.56. The van der Waals surface area contributed by atoms with Crippen molar-refractivity contribution in [3.63, 3.8) is 0 Å². The highest BCUT2D eigenvalue weighted by molar-refractivity contribution is 6.76. The van der Waals surface area contributed by atoms with Gasteiger partial charge in [0, 0.05) is 21.2 Å². The maximum Gasteiger partial charge on any atom is 0.318 e. The van der Waals surface area contributed by atoms with E-state index in [1.165, 1.54) is 0 Å². The van der Waals surface area contributed by atoms with Gasteiger partial charge in [0.2, 0.25) is 11.8 Å². The lowest BCUT2D eigenvalue weighted by atomic mass is 10.1. The third kappa shape index (κ3) is 6.30. The number of benzene rings is 1. The summed E-state index contributed by atoms with van der Waals surface area (Å²) in [4.78, 5) is 32.0. The summed E-state index contributed by atoms with van der Waals surface area (Å²) in [5.41, 5.74) is 1.23. The van der Waals surface area contributed by atoms with E-state index in [2.05, 4.69) is 35.3 Å². The van der Waals surface area contributed by atoms with Crippen molar-refractivity contribution in [2.45, 2.75) is 57.2 Å². The quantitative estimate of drug-likeness (QED) is 0.519. The predicted molar refractivity (Wildman–Crippen MR) is 124 cm³/mol. The normalized spacial score (nSPS) is 17.6. The molecule has 1 aromatic carbocycles. The first-order valence-electron chi connectivity index (χ1n) is 11.1. The van der Waals surface area contributed by atoms with Gasteiger partial charge in [0.15, 0.2) is 11.7 Å². The van der Waals surface area contributed by atoms with Crippen molar-refractivity contribution in [2.75, 3.05) is 26.3 Å². The molecule has 3 amide bonds. The Morgan fingerprint density at radius 2 is 1.88 bits per heavy atom. The van der Waals surface area contributed by atoms with Crippen LogP contribution in [0.1, 0.15) is 25.3 Å². The summed E-state index contributed by atoms with van der Waals surface area (Å²) in [6.07, 6.45) is -0.623. The van der Waals surface area contributed by atoms with Gasteiger partial charge in [0.05, 0.1) is 19.3 Å². The Balaban J connectivity index is 1.71. The van der Waals surface area contributed by atoms with Crippen LogP contribution in [-0.4, -0.2) is 73.4 Å². The number of aliphatic hydroxyl groups excluding tert-OH is 1. The predicted octanol–water partition coefficient (Wildman–Crippen LogP) is 2.50. The number of para-hydroxylation sites is 2. The van der Waals surface area contributed by atoms with Gasteiger partial charge in [-0.25, -0.2) is 9.78 Å². The van der Waals surface area contributed by atoms with Crippen LogP contribution in [0, 0.1) is 0 Å². The second-order valence-electron chi connectivity index (χ2n) is 9.35. The molecule has 1 fully saturated rings. The van der Waals surface area contributed by atoms with E-state index >= 15 is 0 Å². The Labute approximate surface area is 189 Å². The SMILES string of the molecule is CC[C@H](NC(=O)[C@H](C[Si](C)(C)C)NC(=O)N1CCOCC1)C(O)c1nc2ccccc2o1. The molecular weight excluding hydrogens is 428 g/mol. The van der Waals surface area contributed by atoms with E-state index in [0.29, 0.717) is 49.9 Å². The molecule has 3 atom stereocenters. The van der Waals surface area contributed by atoms with Crippen LogP contribution in [0.5, 0.6) is 0 Å². The summed E-state index contributed by atoms with van der Waals surface area (Å²) < 4.78 is 11.0. The molecule has 3 rings (SSSR count). The third-order valence-electron chi connectivity index (χ3n) is 5.44. The van der Waals surface area contributed by atoms with Crippen LogP contribution in [-0.2, 0) is 9.53 Å². The van der Waals surface area contributed by atoms with E-state index in [0.717, 1.165) is 0 Å². The number of morpholine rings is 1. The fourth-order valence-electron chi connectivity index (χ4n) is 3.70. The van der Waals surface area contributed by atoms with Crippen molar-refractivity contribution < 1.29 is 23.8 Å². The Hall–Kier alpha value is -2.43. The Morgan fingerprint density at radius 1 is 1.19 bits per heavy atom. The van der Waals surface area contributed by atoms with Gasteiger partial charge in [0.25, 0.3) is 0 Å². The minimum Gasteiger partial charge on any atom is -0.438 e. The zero-order valence-electron chi connectivity index (χ0n) is 19.3. The summed E-state index contributed by atoms with van der Waals surface area (Å²) >= 11 is 0. The average molecular weight is 463 g/mol. The number of nitrogens with zero attached hydrogens (tertiary/aromatic N) is 2. The van der Waals surface area contributed by atoms with E-state index in [9.17, 15) is 14.7 Å². The Kier molecular flexibility index (Phi) is 7.91. The minimum absolute atomic E-state index is 0.164. The second-order valence-corrected chi connectivity index (χ2v) is 14.9. The highest BCUT2D eigenvalue weighted by Gasteiger charge is 2.33. The van der Waals surface area contributed by atoms with Gasteiger partial charge in [-0.1, -0.05) is 38.7 Å². The maximum absolute atomic E-state index is 13.2. The van der Waals surface area contributed by atoms with Gasteiger partial charge in [0.1, 0.15) is 11.6 Å². The number of carbonyl (C=O) groups excluding carboxylic acids is 2. The molecule has 3 N–H and O–H groups in total. The number of hydrogen-bond acceptors (Lipinski definition) is 6. The fourth-order valence-corrected chi connectivity index (χ4v) is 5.22. The molecule has 2 heterocycles. The molecule has 2 aromatic rings. The monoisotopic (exact) mass is 462 g/mol. The van der Waals surface area contributed by atoms with Gasteiger partial charge >= 0.3 is 6.03 Å². The van der Waals surface area contributed by atoms with Gasteiger partial charge in [-0.15, -0.1) is 0 Å². The third-order valence-corrected chi connectivity index (χ3v) is 7.07. The largest absolute Gasteiger partial charge is 0.438 e. The molecule has 0 aliphatic carbocycles. The number of oxazole rings is 1. The smallest absolute Gasteiger partial charge is 0.318 e. The van der Waals surface area contributed by atoms with Crippen LogP contribution >= 0.6 is 0 Å². The number of urea groups is 1. The average Bonchev–Trinajstić information content (AvgIpc) is 3.20. The van der Waals surface area contributed by atoms with E-state index < -0.39 is 26.3 Å². The highest BCUT2D eigenvalue weighted by Crippen LogP contribution is 2.23. The number of fused-ring (bicyclic) bond motifs is 1. The molecule has 9 nitrogen and oxygen atoms in total. The summed E-state index contributed by atoms with van der Waals surface area (Å²) in [6, 6.07) is 6.31. The van der Waals surface area contributed by atoms with Crippen molar-refractivity contribution in [1.29, 1.82) is 0 Å². The zero-order chi connectivity index (χ0) is 23.3. The van der Waals surface area contributed by atoms with Crippen LogP contribution in [0.4, 0.5) is 4.79 Å². The Bertz CT molecular complexity index is 889. The molecule has 1 aliphatic rings.